The van der Waals surface area contributed by atoms with E-state index in [2.05, 4.69) is 10.6 Å². The first-order valence-corrected chi connectivity index (χ1v) is 5.92. The van der Waals surface area contributed by atoms with Crippen LogP contribution in [0.25, 0.3) is 0 Å². The van der Waals surface area contributed by atoms with Gasteiger partial charge in [-0.05, 0) is 38.4 Å². The lowest BCUT2D eigenvalue weighted by Crippen LogP contribution is -2.34. The standard InChI is InChI=1S/C13H21N3O2/c1-14-8-9-16(2)10-13(17)15-11-4-6-12(18-3)7-5-11/h4-7,14H,8-10H2,1-3H3,(H,15,17). The lowest BCUT2D eigenvalue weighted by Gasteiger charge is -2.15. The van der Waals surface area contributed by atoms with Crippen LogP contribution < -0.4 is 15.4 Å². The fraction of sp³-hybridized carbons (Fsp3) is 0.462. The molecule has 2 N–H and O–H groups in total. The van der Waals surface area contributed by atoms with E-state index in [9.17, 15) is 4.79 Å². The molecular formula is C13H21N3O2. The lowest BCUT2D eigenvalue weighted by molar-refractivity contribution is -0.117. The maximum absolute atomic E-state index is 11.7. The first-order valence-electron chi connectivity index (χ1n) is 5.92. The van der Waals surface area contributed by atoms with Gasteiger partial charge in [-0.15, -0.1) is 0 Å². The molecule has 0 aliphatic heterocycles. The minimum Gasteiger partial charge on any atom is -0.497 e. The summed E-state index contributed by atoms with van der Waals surface area (Å²) in [5.74, 6) is 0.762. The Morgan fingerprint density at radius 3 is 2.56 bits per heavy atom. The van der Waals surface area contributed by atoms with Gasteiger partial charge in [0.25, 0.3) is 0 Å². The highest BCUT2D eigenvalue weighted by Crippen LogP contribution is 2.14. The first kappa shape index (κ1) is 14.5. The van der Waals surface area contributed by atoms with Crippen LogP contribution in [0.15, 0.2) is 24.3 Å². The maximum atomic E-state index is 11.7. The predicted octanol–water partition coefficient (Wildman–Crippen LogP) is 0.785. The third-order valence-electron chi connectivity index (χ3n) is 2.53. The van der Waals surface area contributed by atoms with E-state index < -0.39 is 0 Å². The summed E-state index contributed by atoms with van der Waals surface area (Å²) in [6.45, 7) is 2.09. The minimum absolute atomic E-state index is 0.0150. The predicted molar refractivity (Wildman–Crippen MR) is 73.0 cm³/mol. The van der Waals surface area contributed by atoms with Crippen molar-refractivity contribution in [1.82, 2.24) is 10.2 Å². The van der Waals surface area contributed by atoms with E-state index in [0.29, 0.717) is 6.54 Å². The fourth-order valence-corrected chi connectivity index (χ4v) is 1.50. The summed E-state index contributed by atoms with van der Waals surface area (Å²) in [5.41, 5.74) is 0.780. The van der Waals surface area contributed by atoms with Crippen LogP contribution >= 0.6 is 0 Å². The van der Waals surface area contributed by atoms with Crippen LogP contribution in [0, 0.1) is 0 Å². The number of ether oxygens (including phenoxy) is 1. The zero-order chi connectivity index (χ0) is 13.4. The molecular weight excluding hydrogens is 230 g/mol. The molecule has 1 rings (SSSR count). The maximum Gasteiger partial charge on any atom is 0.238 e. The average Bonchev–Trinajstić information content (AvgIpc) is 2.37. The Hall–Kier alpha value is -1.59. The van der Waals surface area contributed by atoms with Gasteiger partial charge >= 0.3 is 0 Å². The number of likely N-dealkylation sites (N-methyl/N-ethyl adjacent to an activating group) is 2. The van der Waals surface area contributed by atoms with Gasteiger partial charge in [-0.3, -0.25) is 9.69 Å². The van der Waals surface area contributed by atoms with Crippen LogP contribution in [0.1, 0.15) is 0 Å². The molecule has 0 heterocycles. The highest BCUT2D eigenvalue weighted by molar-refractivity contribution is 5.92. The van der Waals surface area contributed by atoms with E-state index in [1.54, 1.807) is 7.11 Å². The minimum atomic E-state index is -0.0150. The first-order chi connectivity index (χ1) is 8.65. The SMILES string of the molecule is CNCCN(C)CC(=O)Nc1ccc(OC)cc1. The molecule has 1 aromatic rings. The van der Waals surface area contributed by atoms with E-state index >= 15 is 0 Å². The summed E-state index contributed by atoms with van der Waals surface area (Å²) >= 11 is 0. The van der Waals surface area contributed by atoms with E-state index in [1.807, 2.05) is 43.3 Å². The number of rotatable bonds is 7. The number of anilines is 1. The Morgan fingerprint density at radius 2 is 2.00 bits per heavy atom. The van der Waals surface area contributed by atoms with Crippen molar-refractivity contribution in [2.45, 2.75) is 0 Å². The van der Waals surface area contributed by atoms with Crippen LogP contribution in [0.4, 0.5) is 5.69 Å². The number of methoxy groups -OCH3 is 1. The molecule has 5 nitrogen and oxygen atoms in total. The number of benzene rings is 1. The Balaban J connectivity index is 2.39. The van der Waals surface area contributed by atoms with Crippen molar-refractivity contribution in [2.75, 3.05) is 46.2 Å². The Labute approximate surface area is 108 Å². The number of nitrogens with zero attached hydrogens (tertiary/aromatic N) is 1. The topological polar surface area (TPSA) is 53.6 Å². The smallest absolute Gasteiger partial charge is 0.238 e. The van der Waals surface area contributed by atoms with Crippen LogP contribution in [0.5, 0.6) is 5.75 Å². The third kappa shape index (κ3) is 5.16. The van der Waals surface area contributed by atoms with Crippen LogP contribution in [0.3, 0.4) is 0 Å². The second-order valence-electron chi connectivity index (χ2n) is 4.12. The van der Waals surface area contributed by atoms with Crippen LogP contribution in [-0.2, 0) is 4.79 Å². The summed E-state index contributed by atoms with van der Waals surface area (Å²) in [4.78, 5) is 13.7. The fourth-order valence-electron chi connectivity index (χ4n) is 1.50. The zero-order valence-electron chi connectivity index (χ0n) is 11.2. The van der Waals surface area contributed by atoms with Crippen molar-refractivity contribution in [2.24, 2.45) is 0 Å². The third-order valence-corrected chi connectivity index (χ3v) is 2.53. The lowest BCUT2D eigenvalue weighted by atomic mass is 10.3. The summed E-state index contributed by atoms with van der Waals surface area (Å²) < 4.78 is 5.06. The molecule has 0 radical (unpaired) electrons. The molecule has 5 heteroatoms. The largest absolute Gasteiger partial charge is 0.497 e. The summed E-state index contributed by atoms with van der Waals surface area (Å²) in [6.07, 6.45) is 0. The van der Waals surface area contributed by atoms with Crippen LogP contribution in [-0.4, -0.2) is 51.6 Å². The van der Waals surface area contributed by atoms with Gasteiger partial charge in [-0.1, -0.05) is 0 Å². The Bertz CT molecular complexity index is 365. The molecule has 0 bridgehead atoms. The molecule has 0 atom stereocenters. The number of nitrogens with one attached hydrogen (secondary N) is 2. The Morgan fingerprint density at radius 1 is 1.33 bits per heavy atom. The average molecular weight is 251 g/mol. The van der Waals surface area contributed by atoms with E-state index in [-0.39, 0.29) is 5.91 Å². The van der Waals surface area contributed by atoms with Gasteiger partial charge in [0.05, 0.1) is 13.7 Å². The number of carbonyl (C=O) groups is 1. The van der Waals surface area contributed by atoms with Gasteiger partial charge in [0.2, 0.25) is 5.91 Å². The van der Waals surface area contributed by atoms with Crippen molar-refractivity contribution in [1.29, 1.82) is 0 Å². The quantitative estimate of drug-likeness (QED) is 0.752. The highest BCUT2D eigenvalue weighted by Gasteiger charge is 2.06. The molecule has 0 aliphatic rings. The summed E-state index contributed by atoms with van der Waals surface area (Å²) in [7, 11) is 5.43. The molecule has 0 spiro atoms. The van der Waals surface area contributed by atoms with Gasteiger partial charge in [0.1, 0.15) is 5.75 Å². The van der Waals surface area contributed by atoms with E-state index in [4.69, 9.17) is 4.74 Å². The summed E-state index contributed by atoms with van der Waals surface area (Å²) in [6, 6.07) is 7.29. The highest BCUT2D eigenvalue weighted by atomic mass is 16.5. The molecule has 100 valence electrons. The number of hydrogen-bond acceptors (Lipinski definition) is 4. The molecule has 0 saturated heterocycles. The molecule has 1 amide bonds. The second kappa shape index (κ2) is 7.68. The van der Waals surface area contributed by atoms with Crippen LogP contribution in [0.2, 0.25) is 0 Å². The second-order valence-corrected chi connectivity index (χ2v) is 4.12. The van der Waals surface area contributed by atoms with Crippen molar-refractivity contribution in [3.63, 3.8) is 0 Å². The van der Waals surface area contributed by atoms with E-state index in [0.717, 1.165) is 24.5 Å². The Kier molecular flexibility index (Phi) is 6.18. The van der Waals surface area contributed by atoms with Gasteiger partial charge in [0.15, 0.2) is 0 Å². The molecule has 18 heavy (non-hydrogen) atoms. The van der Waals surface area contributed by atoms with E-state index in [1.165, 1.54) is 0 Å². The van der Waals surface area contributed by atoms with Gasteiger partial charge < -0.3 is 15.4 Å². The molecule has 0 unspecified atom stereocenters. The monoisotopic (exact) mass is 251 g/mol. The molecule has 0 fully saturated rings. The van der Waals surface area contributed by atoms with Gasteiger partial charge in [0, 0.05) is 18.8 Å². The van der Waals surface area contributed by atoms with Crippen molar-refractivity contribution in [3.8, 4) is 5.75 Å². The van der Waals surface area contributed by atoms with Gasteiger partial charge in [-0.25, -0.2) is 0 Å². The normalized spacial score (nSPS) is 10.4. The number of carbonyl (C=O) groups excluding carboxylic acids is 1. The zero-order valence-corrected chi connectivity index (χ0v) is 11.2. The molecule has 0 aliphatic carbocycles. The van der Waals surface area contributed by atoms with Crippen molar-refractivity contribution < 1.29 is 9.53 Å². The molecule has 1 aromatic carbocycles. The van der Waals surface area contributed by atoms with Gasteiger partial charge in [-0.2, -0.15) is 0 Å². The number of hydrogen-bond donors (Lipinski definition) is 2. The number of amides is 1. The summed E-state index contributed by atoms with van der Waals surface area (Å²) in [5, 5.41) is 5.89. The van der Waals surface area contributed by atoms with Crippen molar-refractivity contribution in [3.05, 3.63) is 24.3 Å². The van der Waals surface area contributed by atoms with Crippen molar-refractivity contribution >= 4 is 11.6 Å². The molecule has 0 saturated carbocycles. The molecule has 0 aromatic heterocycles.